The van der Waals surface area contributed by atoms with Gasteiger partial charge in [-0.3, -0.25) is 4.98 Å². The molecule has 100 valence electrons. The molecule has 0 unspecified atom stereocenters. The van der Waals surface area contributed by atoms with E-state index in [1.54, 1.807) is 0 Å². The first-order valence-electron chi connectivity index (χ1n) is 5.34. The number of aliphatic hydroxyl groups is 1. The van der Waals surface area contributed by atoms with Crippen molar-refractivity contribution in [1.29, 1.82) is 0 Å². The molecule has 1 aromatic heterocycles. The molecule has 1 heterocycles. The fourth-order valence-corrected chi connectivity index (χ4v) is 1.89. The van der Waals surface area contributed by atoms with Gasteiger partial charge in [0.25, 0.3) is 0 Å². The molecule has 1 N–H and O–H groups in total. The van der Waals surface area contributed by atoms with Crippen LogP contribution in [0.3, 0.4) is 0 Å². The Morgan fingerprint density at radius 3 is 2.26 bits per heavy atom. The van der Waals surface area contributed by atoms with Crippen LogP contribution in [-0.2, 0) is 12.8 Å². The molecule has 0 spiro atoms. The quantitative estimate of drug-likeness (QED) is 0.908. The van der Waals surface area contributed by atoms with Crippen LogP contribution in [0.2, 0.25) is 5.02 Å². The van der Waals surface area contributed by atoms with Gasteiger partial charge in [-0.05, 0) is 23.8 Å². The zero-order valence-electron chi connectivity index (χ0n) is 9.58. The normalized spacial score (nSPS) is 11.6. The van der Waals surface area contributed by atoms with E-state index >= 15 is 0 Å². The zero-order valence-corrected chi connectivity index (χ0v) is 10.3. The minimum Gasteiger partial charge on any atom is -0.392 e. The largest absolute Gasteiger partial charge is 0.416 e. The average molecular weight is 288 g/mol. The summed E-state index contributed by atoms with van der Waals surface area (Å²) >= 11 is 5.98. The third-order valence-electron chi connectivity index (χ3n) is 2.57. The molecule has 0 aliphatic carbocycles. The highest BCUT2D eigenvalue weighted by Crippen LogP contribution is 2.32. The summed E-state index contributed by atoms with van der Waals surface area (Å²) in [6.45, 7) is -0.194. The van der Waals surface area contributed by atoms with E-state index < -0.39 is 11.7 Å². The zero-order chi connectivity index (χ0) is 14.0. The van der Waals surface area contributed by atoms with Crippen molar-refractivity contribution < 1.29 is 18.3 Å². The topological polar surface area (TPSA) is 33.1 Å². The first kappa shape index (κ1) is 13.8. The highest BCUT2D eigenvalue weighted by atomic mass is 35.5. The lowest BCUT2D eigenvalue weighted by Crippen LogP contribution is -2.04. The summed E-state index contributed by atoms with van der Waals surface area (Å²) in [5.41, 5.74) is 0.690. The third kappa shape index (κ3) is 3.05. The smallest absolute Gasteiger partial charge is 0.392 e. The highest BCUT2D eigenvalue weighted by molar-refractivity contribution is 6.33. The molecule has 0 atom stereocenters. The Hall–Kier alpha value is -1.59. The Kier molecular flexibility index (Phi) is 3.78. The van der Waals surface area contributed by atoms with E-state index in [0.717, 1.165) is 12.1 Å². The van der Waals surface area contributed by atoms with Crippen molar-refractivity contribution in [3.63, 3.8) is 0 Å². The number of hydrogen-bond acceptors (Lipinski definition) is 2. The molecule has 2 aromatic rings. The van der Waals surface area contributed by atoms with Gasteiger partial charge in [0.05, 0.1) is 22.9 Å². The Bertz CT molecular complexity index is 581. The van der Waals surface area contributed by atoms with Crippen LogP contribution in [-0.4, -0.2) is 10.1 Å². The van der Waals surface area contributed by atoms with Crippen LogP contribution < -0.4 is 0 Å². The molecule has 19 heavy (non-hydrogen) atoms. The maximum Gasteiger partial charge on any atom is 0.416 e. The summed E-state index contributed by atoms with van der Waals surface area (Å²) in [6.07, 6.45) is -2.94. The fraction of sp³-hybridized carbons (Fsp3) is 0.154. The molecule has 0 bridgehead atoms. The predicted molar refractivity (Wildman–Crippen MR) is 65.6 cm³/mol. The molecule has 0 radical (unpaired) electrons. The van der Waals surface area contributed by atoms with E-state index in [4.69, 9.17) is 16.7 Å². The standard InChI is InChI=1S/C13H9ClF3NO/c14-11-5-8(7-19)6-18-12(11)9-1-3-10(4-2-9)13(15,16)17/h1-6,19H,7H2. The molecule has 0 aliphatic heterocycles. The lowest BCUT2D eigenvalue weighted by Gasteiger charge is -2.08. The van der Waals surface area contributed by atoms with Crippen molar-refractivity contribution in [3.8, 4) is 11.3 Å². The van der Waals surface area contributed by atoms with E-state index in [1.807, 2.05) is 0 Å². The van der Waals surface area contributed by atoms with E-state index in [9.17, 15) is 13.2 Å². The molecule has 0 aliphatic rings. The van der Waals surface area contributed by atoms with Crippen molar-refractivity contribution >= 4 is 11.6 Å². The lowest BCUT2D eigenvalue weighted by molar-refractivity contribution is -0.137. The SMILES string of the molecule is OCc1cnc(-c2ccc(C(F)(F)F)cc2)c(Cl)c1. The molecule has 6 heteroatoms. The van der Waals surface area contributed by atoms with Gasteiger partial charge in [0.2, 0.25) is 0 Å². The van der Waals surface area contributed by atoms with Gasteiger partial charge in [-0.15, -0.1) is 0 Å². The van der Waals surface area contributed by atoms with Crippen LogP contribution in [0, 0.1) is 0 Å². The molecular formula is C13H9ClF3NO. The van der Waals surface area contributed by atoms with Gasteiger partial charge in [0.1, 0.15) is 0 Å². The predicted octanol–water partition coefficient (Wildman–Crippen LogP) is 3.91. The molecule has 0 amide bonds. The van der Waals surface area contributed by atoms with E-state index in [1.165, 1.54) is 24.4 Å². The van der Waals surface area contributed by atoms with E-state index in [-0.39, 0.29) is 11.6 Å². The van der Waals surface area contributed by atoms with Gasteiger partial charge in [-0.2, -0.15) is 13.2 Å². The minimum absolute atomic E-state index is 0.194. The Labute approximate surface area is 112 Å². The Balaban J connectivity index is 2.37. The summed E-state index contributed by atoms with van der Waals surface area (Å²) in [6, 6.07) is 6.12. The number of rotatable bonds is 2. The number of aliphatic hydroxyl groups excluding tert-OH is 1. The van der Waals surface area contributed by atoms with Gasteiger partial charge < -0.3 is 5.11 Å². The van der Waals surface area contributed by atoms with Gasteiger partial charge >= 0.3 is 6.18 Å². The highest BCUT2D eigenvalue weighted by Gasteiger charge is 2.30. The molecule has 0 fully saturated rings. The number of benzene rings is 1. The second kappa shape index (κ2) is 5.19. The second-order valence-corrected chi connectivity index (χ2v) is 4.31. The minimum atomic E-state index is -4.36. The maximum atomic E-state index is 12.4. The van der Waals surface area contributed by atoms with Crippen molar-refractivity contribution in [1.82, 2.24) is 4.98 Å². The summed E-state index contributed by atoms with van der Waals surface area (Å²) in [7, 11) is 0. The molecule has 2 nitrogen and oxygen atoms in total. The average Bonchev–Trinajstić information content (AvgIpc) is 2.37. The maximum absolute atomic E-state index is 12.4. The van der Waals surface area contributed by atoms with Crippen molar-refractivity contribution in [3.05, 3.63) is 52.7 Å². The van der Waals surface area contributed by atoms with Gasteiger partial charge in [0.15, 0.2) is 0 Å². The Morgan fingerprint density at radius 2 is 1.79 bits per heavy atom. The van der Waals surface area contributed by atoms with Crippen LogP contribution in [0.5, 0.6) is 0 Å². The number of pyridine rings is 1. The molecule has 0 saturated carbocycles. The van der Waals surface area contributed by atoms with Crippen molar-refractivity contribution in [2.45, 2.75) is 12.8 Å². The van der Waals surface area contributed by atoms with E-state index in [0.29, 0.717) is 16.8 Å². The second-order valence-electron chi connectivity index (χ2n) is 3.91. The molecular weight excluding hydrogens is 279 g/mol. The number of aromatic nitrogens is 1. The number of halogens is 4. The summed E-state index contributed by atoms with van der Waals surface area (Å²) < 4.78 is 37.3. The van der Waals surface area contributed by atoms with Gasteiger partial charge in [-0.25, -0.2) is 0 Å². The number of hydrogen-bond donors (Lipinski definition) is 1. The van der Waals surface area contributed by atoms with Crippen molar-refractivity contribution in [2.75, 3.05) is 0 Å². The summed E-state index contributed by atoms with van der Waals surface area (Å²) in [5.74, 6) is 0. The Morgan fingerprint density at radius 1 is 1.16 bits per heavy atom. The fourth-order valence-electron chi connectivity index (χ4n) is 1.59. The van der Waals surface area contributed by atoms with Gasteiger partial charge in [-0.1, -0.05) is 23.7 Å². The van der Waals surface area contributed by atoms with Crippen LogP contribution in [0.25, 0.3) is 11.3 Å². The van der Waals surface area contributed by atoms with Crippen molar-refractivity contribution in [2.24, 2.45) is 0 Å². The first-order valence-corrected chi connectivity index (χ1v) is 5.72. The van der Waals surface area contributed by atoms with E-state index in [2.05, 4.69) is 4.98 Å². The number of nitrogens with zero attached hydrogens (tertiary/aromatic N) is 1. The molecule has 1 aromatic carbocycles. The van der Waals surface area contributed by atoms with Crippen LogP contribution in [0.15, 0.2) is 36.5 Å². The first-order chi connectivity index (χ1) is 8.91. The van der Waals surface area contributed by atoms with Crippen LogP contribution in [0.4, 0.5) is 13.2 Å². The number of alkyl halides is 3. The van der Waals surface area contributed by atoms with Crippen LogP contribution >= 0.6 is 11.6 Å². The monoisotopic (exact) mass is 287 g/mol. The molecule has 2 rings (SSSR count). The summed E-state index contributed by atoms with van der Waals surface area (Å²) in [5, 5.41) is 9.21. The summed E-state index contributed by atoms with van der Waals surface area (Å²) in [4.78, 5) is 4.04. The third-order valence-corrected chi connectivity index (χ3v) is 2.85. The van der Waals surface area contributed by atoms with Gasteiger partial charge in [0, 0.05) is 11.8 Å². The molecule has 0 saturated heterocycles. The van der Waals surface area contributed by atoms with Crippen LogP contribution in [0.1, 0.15) is 11.1 Å². The lowest BCUT2D eigenvalue weighted by atomic mass is 10.1.